The average molecular weight is 316 g/mol. The van der Waals surface area contributed by atoms with Gasteiger partial charge in [-0.1, -0.05) is 0 Å². The first-order chi connectivity index (χ1) is 10.5. The van der Waals surface area contributed by atoms with E-state index in [9.17, 15) is 15.3 Å². The SMILES string of the molecule is COc1ccc(O[C@@H]2O[C@H](CO)[C@@H](O)[C@@H](O)[C@@H]2O)c(OC)c1. The summed E-state index contributed by atoms with van der Waals surface area (Å²) in [6.45, 7) is -0.523. The van der Waals surface area contributed by atoms with Gasteiger partial charge in [0.25, 0.3) is 0 Å². The van der Waals surface area contributed by atoms with Crippen molar-refractivity contribution in [2.75, 3.05) is 20.8 Å². The van der Waals surface area contributed by atoms with Gasteiger partial charge in [0.15, 0.2) is 11.5 Å². The van der Waals surface area contributed by atoms with Crippen molar-refractivity contribution in [3.05, 3.63) is 18.2 Å². The molecular weight excluding hydrogens is 296 g/mol. The lowest BCUT2D eigenvalue weighted by Gasteiger charge is -2.39. The number of hydrogen-bond acceptors (Lipinski definition) is 8. The summed E-state index contributed by atoms with van der Waals surface area (Å²) in [5.74, 6) is 1.15. The summed E-state index contributed by atoms with van der Waals surface area (Å²) in [5, 5.41) is 38.5. The minimum Gasteiger partial charge on any atom is -0.497 e. The van der Waals surface area contributed by atoms with Crippen molar-refractivity contribution in [2.24, 2.45) is 0 Å². The van der Waals surface area contributed by atoms with E-state index in [1.54, 1.807) is 18.2 Å². The van der Waals surface area contributed by atoms with E-state index < -0.39 is 37.3 Å². The van der Waals surface area contributed by atoms with Crippen LogP contribution in [-0.2, 0) is 4.74 Å². The number of hydrogen-bond donors (Lipinski definition) is 4. The van der Waals surface area contributed by atoms with Crippen molar-refractivity contribution in [2.45, 2.75) is 30.7 Å². The largest absolute Gasteiger partial charge is 0.497 e. The van der Waals surface area contributed by atoms with Crippen LogP contribution in [0.25, 0.3) is 0 Å². The Morgan fingerprint density at radius 3 is 2.32 bits per heavy atom. The van der Waals surface area contributed by atoms with Crippen LogP contribution in [0.5, 0.6) is 17.2 Å². The lowest BCUT2D eigenvalue weighted by Crippen LogP contribution is -2.60. The van der Waals surface area contributed by atoms with Gasteiger partial charge in [-0.3, -0.25) is 0 Å². The summed E-state index contributed by atoms with van der Waals surface area (Å²) < 4.78 is 21.0. The Morgan fingerprint density at radius 2 is 1.73 bits per heavy atom. The van der Waals surface area contributed by atoms with Crippen LogP contribution in [0, 0.1) is 0 Å². The van der Waals surface area contributed by atoms with Crippen LogP contribution >= 0.6 is 0 Å². The molecule has 1 fully saturated rings. The van der Waals surface area contributed by atoms with E-state index in [-0.39, 0.29) is 5.75 Å². The molecule has 1 aromatic carbocycles. The number of rotatable bonds is 5. The first-order valence-corrected chi connectivity index (χ1v) is 6.71. The van der Waals surface area contributed by atoms with Gasteiger partial charge in [0.05, 0.1) is 20.8 Å². The molecule has 8 heteroatoms. The molecule has 1 aromatic rings. The third-order valence-corrected chi connectivity index (χ3v) is 3.46. The average Bonchev–Trinajstić information content (AvgIpc) is 2.55. The Labute approximate surface area is 127 Å². The smallest absolute Gasteiger partial charge is 0.229 e. The molecule has 124 valence electrons. The Kier molecular flexibility index (Phi) is 5.43. The zero-order chi connectivity index (χ0) is 16.3. The molecule has 0 amide bonds. The minimum absolute atomic E-state index is 0.257. The van der Waals surface area contributed by atoms with Gasteiger partial charge in [0.1, 0.15) is 30.2 Å². The van der Waals surface area contributed by atoms with Crippen LogP contribution in [0.3, 0.4) is 0 Å². The van der Waals surface area contributed by atoms with Gasteiger partial charge < -0.3 is 39.4 Å². The number of methoxy groups -OCH3 is 2. The standard InChI is InChI=1S/C14H20O8/c1-19-7-3-4-8(9(5-7)20-2)21-14-13(18)12(17)11(16)10(6-15)22-14/h3-5,10-18H,6H2,1-2H3/t10-,11-,12-,13+,14-/m1/s1. The van der Waals surface area contributed by atoms with Crippen molar-refractivity contribution in [3.63, 3.8) is 0 Å². The van der Waals surface area contributed by atoms with Gasteiger partial charge >= 0.3 is 0 Å². The Morgan fingerprint density at radius 1 is 1.00 bits per heavy atom. The topological polar surface area (TPSA) is 118 Å². The highest BCUT2D eigenvalue weighted by Crippen LogP contribution is 2.33. The number of ether oxygens (including phenoxy) is 4. The van der Waals surface area contributed by atoms with Gasteiger partial charge in [-0.2, -0.15) is 0 Å². The fraction of sp³-hybridized carbons (Fsp3) is 0.571. The normalized spacial score (nSPS) is 31.6. The Bertz CT molecular complexity index is 492. The minimum atomic E-state index is -1.50. The molecule has 0 bridgehead atoms. The van der Waals surface area contributed by atoms with E-state index in [2.05, 4.69) is 0 Å². The predicted octanol–water partition coefficient (Wildman–Crippen LogP) is -1.12. The first kappa shape index (κ1) is 16.8. The first-order valence-electron chi connectivity index (χ1n) is 6.71. The molecule has 22 heavy (non-hydrogen) atoms. The van der Waals surface area contributed by atoms with Crippen molar-refractivity contribution in [1.82, 2.24) is 0 Å². The molecule has 0 aliphatic carbocycles. The van der Waals surface area contributed by atoms with Gasteiger partial charge in [-0.15, -0.1) is 0 Å². The monoisotopic (exact) mass is 316 g/mol. The van der Waals surface area contributed by atoms with Crippen LogP contribution in [-0.4, -0.2) is 72.0 Å². The molecule has 0 spiro atoms. The van der Waals surface area contributed by atoms with E-state index in [0.29, 0.717) is 11.5 Å². The lowest BCUT2D eigenvalue weighted by molar-refractivity contribution is -0.277. The predicted molar refractivity (Wildman–Crippen MR) is 73.9 cm³/mol. The van der Waals surface area contributed by atoms with E-state index in [4.69, 9.17) is 24.1 Å². The molecule has 8 nitrogen and oxygen atoms in total. The molecule has 1 heterocycles. The zero-order valence-electron chi connectivity index (χ0n) is 12.2. The molecule has 1 aliphatic rings. The van der Waals surface area contributed by atoms with Crippen LogP contribution in [0.4, 0.5) is 0 Å². The Balaban J connectivity index is 2.18. The number of benzene rings is 1. The highest BCUT2D eigenvalue weighted by atomic mass is 16.7. The van der Waals surface area contributed by atoms with Crippen LogP contribution in [0.1, 0.15) is 0 Å². The molecule has 0 unspecified atom stereocenters. The maximum atomic E-state index is 9.94. The molecule has 0 saturated carbocycles. The van der Waals surface area contributed by atoms with Gasteiger partial charge in [-0.05, 0) is 12.1 Å². The highest BCUT2D eigenvalue weighted by molar-refractivity contribution is 5.45. The summed E-state index contributed by atoms with van der Waals surface area (Å²) in [7, 11) is 2.95. The lowest BCUT2D eigenvalue weighted by atomic mass is 9.99. The number of aliphatic hydroxyl groups excluding tert-OH is 4. The molecule has 0 radical (unpaired) electrons. The van der Waals surface area contributed by atoms with Crippen LogP contribution < -0.4 is 14.2 Å². The highest BCUT2D eigenvalue weighted by Gasteiger charge is 2.44. The fourth-order valence-corrected chi connectivity index (χ4v) is 2.16. The van der Waals surface area contributed by atoms with Crippen molar-refractivity contribution in [3.8, 4) is 17.2 Å². The third kappa shape index (κ3) is 3.26. The van der Waals surface area contributed by atoms with Crippen molar-refractivity contribution in [1.29, 1.82) is 0 Å². The second-order valence-electron chi connectivity index (χ2n) is 4.83. The van der Waals surface area contributed by atoms with E-state index >= 15 is 0 Å². The van der Waals surface area contributed by atoms with E-state index in [1.807, 2.05) is 0 Å². The van der Waals surface area contributed by atoms with Crippen molar-refractivity contribution >= 4 is 0 Å². The van der Waals surface area contributed by atoms with Crippen molar-refractivity contribution < 1.29 is 39.4 Å². The summed E-state index contributed by atoms with van der Waals surface area (Å²) >= 11 is 0. The number of aliphatic hydroxyl groups is 4. The quantitative estimate of drug-likeness (QED) is 0.540. The van der Waals surface area contributed by atoms with Crippen LogP contribution in [0.15, 0.2) is 18.2 Å². The molecular formula is C14H20O8. The molecule has 5 atom stereocenters. The van der Waals surface area contributed by atoms with Gasteiger partial charge in [0.2, 0.25) is 6.29 Å². The van der Waals surface area contributed by atoms with Crippen LogP contribution in [0.2, 0.25) is 0 Å². The second-order valence-corrected chi connectivity index (χ2v) is 4.83. The molecule has 0 aromatic heterocycles. The second kappa shape index (κ2) is 7.12. The fourth-order valence-electron chi connectivity index (χ4n) is 2.16. The molecule has 1 aliphatic heterocycles. The molecule has 2 rings (SSSR count). The van der Waals surface area contributed by atoms with E-state index in [1.165, 1.54) is 14.2 Å². The summed E-state index contributed by atoms with van der Waals surface area (Å²) in [4.78, 5) is 0. The maximum absolute atomic E-state index is 9.94. The third-order valence-electron chi connectivity index (χ3n) is 3.46. The molecule has 1 saturated heterocycles. The summed E-state index contributed by atoms with van der Waals surface area (Å²) in [5.41, 5.74) is 0. The summed E-state index contributed by atoms with van der Waals surface area (Å²) in [6.07, 6.45) is -6.71. The zero-order valence-corrected chi connectivity index (χ0v) is 12.2. The summed E-state index contributed by atoms with van der Waals surface area (Å²) in [6, 6.07) is 4.76. The van der Waals surface area contributed by atoms with Gasteiger partial charge in [-0.25, -0.2) is 0 Å². The molecule has 4 N–H and O–H groups in total. The van der Waals surface area contributed by atoms with Gasteiger partial charge in [0, 0.05) is 6.07 Å². The maximum Gasteiger partial charge on any atom is 0.229 e. The van der Waals surface area contributed by atoms with E-state index in [0.717, 1.165) is 0 Å². The Hall–Kier alpha value is -1.58.